The van der Waals surface area contributed by atoms with E-state index in [9.17, 15) is 13.2 Å². The second-order valence-corrected chi connectivity index (χ2v) is 13.9. The molecule has 1 heterocycles. The van der Waals surface area contributed by atoms with Crippen LogP contribution in [0.25, 0.3) is 27.7 Å². The third kappa shape index (κ3) is 6.22. The van der Waals surface area contributed by atoms with E-state index in [0.29, 0.717) is 22.4 Å². The van der Waals surface area contributed by atoms with E-state index < -0.39 is 16.1 Å². The van der Waals surface area contributed by atoms with Gasteiger partial charge in [0.2, 0.25) is 10.0 Å². The van der Waals surface area contributed by atoms with E-state index >= 15 is 0 Å². The zero-order valence-electron chi connectivity index (χ0n) is 25.0. The van der Waals surface area contributed by atoms with Crippen LogP contribution in [0.5, 0.6) is 0 Å². The zero-order valence-corrected chi connectivity index (χ0v) is 25.8. The minimum Gasteiger partial charge on any atom is -0.268 e. The van der Waals surface area contributed by atoms with Crippen LogP contribution >= 0.6 is 0 Å². The molecule has 1 atom stereocenters. The second-order valence-electron chi connectivity index (χ2n) is 12.2. The maximum Gasteiger partial charge on any atom is 0.266 e. The standard InChI is InChI=1S/C35H37N3O3S/c1-23-11-16-28(17-12-23)38-33(25(3)37-42(40,41)29-18-13-26(14-19-29)22-35(4,5)6)36-32-20-15-27(21-31(32)34(38)39)30-10-8-7-9-24(30)2/h7-21,25,37H,22H2,1-6H3. The van der Waals surface area contributed by atoms with Crippen molar-refractivity contribution in [3.63, 3.8) is 0 Å². The molecule has 5 aromatic rings. The quantitative estimate of drug-likeness (QED) is 0.219. The predicted octanol–water partition coefficient (Wildman–Crippen LogP) is 7.30. The molecule has 216 valence electrons. The first-order valence-corrected chi connectivity index (χ1v) is 15.6. The van der Waals surface area contributed by atoms with Gasteiger partial charge in [0.25, 0.3) is 5.56 Å². The average Bonchev–Trinajstić information content (AvgIpc) is 2.93. The molecule has 0 amide bonds. The fourth-order valence-corrected chi connectivity index (χ4v) is 6.45. The molecule has 0 spiro atoms. The van der Waals surface area contributed by atoms with E-state index in [1.54, 1.807) is 19.1 Å². The molecular formula is C35H37N3O3S. The Hall–Kier alpha value is -4.07. The van der Waals surface area contributed by atoms with Crippen molar-refractivity contribution in [3.05, 3.63) is 124 Å². The van der Waals surface area contributed by atoms with Crippen molar-refractivity contribution in [2.45, 2.75) is 58.9 Å². The van der Waals surface area contributed by atoms with Gasteiger partial charge in [0.1, 0.15) is 5.82 Å². The summed E-state index contributed by atoms with van der Waals surface area (Å²) < 4.78 is 31.2. The van der Waals surface area contributed by atoms with E-state index in [0.717, 1.165) is 34.2 Å². The lowest BCUT2D eigenvalue weighted by molar-refractivity contribution is 0.411. The van der Waals surface area contributed by atoms with Crippen LogP contribution in [0.1, 0.15) is 56.3 Å². The highest BCUT2D eigenvalue weighted by molar-refractivity contribution is 7.89. The van der Waals surface area contributed by atoms with Crippen molar-refractivity contribution in [2.24, 2.45) is 5.41 Å². The van der Waals surface area contributed by atoms with Crippen LogP contribution in [0.4, 0.5) is 0 Å². The molecule has 1 aromatic heterocycles. The number of benzene rings is 4. The topological polar surface area (TPSA) is 81.1 Å². The van der Waals surface area contributed by atoms with Gasteiger partial charge >= 0.3 is 0 Å². The minimum absolute atomic E-state index is 0.0925. The molecule has 7 heteroatoms. The van der Waals surface area contributed by atoms with Crippen LogP contribution in [0.2, 0.25) is 0 Å². The first-order valence-electron chi connectivity index (χ1n) is 14.1. The molecule has 0 aliphatic rings. The number of fused-ring (bicyclic) bond motifs is 1. The van der Waals surface area contributed by atoms with E-state index in [1.165, 1.54) is 4.57 Å². The highest BCUT2D eigenvalue weighted by atomic mass is 32.2. The average molecular weight is 580 g/mol. The van der Waals surface area contributed by atoms with Crippen molar-refractivity contribution in [2.75, 3.05) is 0 Å². The maximum atomic E-state index is 14.1. The molecule has 0 fully saturated rings. The van der Waals surface area contributed by atoms with Crippen molar-refractivity contribution in [3.8, 4) is 16.8 Å². The Morgan fingerprint density at radius 2 is 1.55 bits per heavy atom. The lowest BCUT2D eigenvalue weighted by Crippen LogP contribution is -2.33. The Labute approximate surface area is 248 Å². The first kappa shape index (κ1) is 29.4. The van der Waals surface area contributed by atoms with E-state index in [-0.39, 0.29) is 15.9 Å². The largest absolute Gasteiger partial charge is 0.268 e. The summed E-state index contributed by atoms with van der Waals surface area (Å²) in [7, 11) is -3.89. The van der Waals surface area contributed by atoms with Crippen LogP contribution in [0.15, 0.2) is 101 Å². The molecule has 0 saturated heterocycles. The Morgan fingerprint density at radius 3 is 2.19 bits per heavy atom. The number of rotatable bonds is 7. The van der Waals surface area contributed by atoms with E-state index in [4.69, 9.17) is 4.98 Å². The molecule has 42 heavy (non-hydrogen) atoms. The number of aryl methyl sites for hydroxylation is 2. The van der Waals surface area contributed by atoms with Crippen LogP contribution in [0, 0.1) is 19.3 Å². The maximum absolute atomic E-state index is 14.1. The summed E-state index contributed by atoms with van der Waals surface area (Å²) in [6, 6.07) is 27.4. The smallest absolute Gasteiger partial charge is 0.266 e. The SMILES string of the molecule is Cc1ccc(-n2c(C(C)NS(=O)(=O)c3ccc(CC(C)(C)C)cc3)nc3ccc(-c4ccccc4C)cc3c2=O)cc1. The zero-order chi connectivity index (χ0) is 30.2. The summed E-state index contributed by atoms with van der Waals surface area (Å²) >= 11 is 0. The number of hydrogen-bond acceptors (Lipinski definition) is 4. The van der Waals surface area contributed by atoms with Crippen LogP contribution < -0.4 is 10.3 Å². The summed E-state index contributed by atoms with van der Waals surface area (Å²) in [5.41, 5.74) is 6.15. The molecule has 5 rings (SSSR count). The van der Waals surface area contributed by atoms with Gasteiger partial charge in [-0.25, -0.2) is 18.1 Å². The van der Waals surface area contributed by atoms with Gasteiger partial charge in [0.05, 0.1) is 27.5 Å². The summed E-state index contributed by atoms with van der Waals surface area (Å²) in [6.45, 7) is 12.2. The summed E-state index contributed by atoms with van der Waals surface area (Å²) in [6.07, 6.45) is 0.840. The van der Waals surface area contributed by atoms with Crippen molar-refractivity contribution in [1.82, 2.24) is 14.3 Å². The van der Waals surface area contributed by atoms with E-state index in [1.807, 2.05) is 92.7 Å². The minimum atomic E-state index is -3.89. The fraction of sp³-hybridized carbons (Fsp3) is 0.257. The molecule has 0 bridgehead atoms. The molecule has 0 aliphatic carbocycles. The van der Waals surface area contributed by atoms with Gasteiger partial charge in [-0.1, -0.05) is 80.9 Å². The summed E-state index contributed by atoms with van der Waals surface area (Å²) in [5, 5.41) is 0.463. The van der Waals surface area contributed by atoms with E-state index in [2.05, 4.69) is 25.5 Å². The van der Waals surface area contributed by atoms with Crippen LogP contribution in [0.3, 0.4) is 0 Å². The molecule has 6 nitrogen and oxygen atoms in total. The van der Waals surface area contributed by atoms with Gasteiger partial charge in [-0.2, -0.15) is 0 Å². The van der Waals surface area contributed by atoms with Crippen LogP contribution in [-0.2, 0) is 16.4 Å². The number of aromatic nitrogens is 2. The third-order valence-corrected chi connectivity index (χ3v) is 8.89. The Bertz CT molecular complexity index is 1920. The highest BCUT2D eigenvalue weighted by Gasteiger charge is 2.24. The summed E-state index contributed by atoms with van der Waals surface area (Å²) in [5.74, 6) is 0.313. The monoisotopic (exact) mass is 579 g/mol. The predicted molar refractivity (Wildman–Crippen MR) is 171 cm³/mol. The Kier molecular flexibility index (Phi) is 7.92. The second kappa shape index (κ2) is 11.3. The molecule has 0 saturated carbocycles. The molecule has 1 unspecified atom stereocenters. The first-order chi connectivity index (χ1) is 19.8. The van der Waals surface area contributed by atoms with Gasteiger partial charge in [0, 0.05) is 0 Å². The normalized spacial score (nSPS) is 12.9. The molecule has 4 aromatic carbocycles. The third-order valence-electron chi connectivity index (χ3n) is 7.33. The Balaban J connectivity index is 1.59. The Morgan fingerprint density at radius 1 is 0.881 bits per heavy atom. The van der Waals surface area contributed by atoms with Crippen molar-refractivity contribution in [1.29, 1.82) is 0 Å². The van der Waals surface area contributed by atoms with Crippen molar-refractivity contribution < 1.29 is 8.42 Å². The summed E-state index contributed by atoms with van der Waals surface area (Å²) in [4.78, 5) is 19.2. The number of nitrogens with zero attached hydrogens (tertiary/aromatic N) is 2. The van der Waals surface area contributed by atoms with Gasteiger partial charge < -0.3 is 0 Å². The van der Waals surface area contributed by atoms with Crippen molar-refractivity contribution >= 4 is 20.9 Å². The number of nitrogens with one attached hydrogen (secondary N) is 1. The van der Waals surface area contributed by atoms with Crippen LogP contribution in [-0.4, -0.2) is 18.0 Å². The van der Waals surface area contributed by atoms with Gasteiger partial charge in [0.15, 0.2) is 0 Å². The molecular weight excluding hydrogens is 542 g/mol. The number of sulfonamides is 1. The molecule has 0 aliphatic heterocycles. The molecule has 0 radical (unpaired) electrons. The number of hydrogen-bond donors (Lipinski definition) is 1. The molecule has 1 N–H and O–H groups in total. The van der Waals surface area contributed by atoms with Gasteiger partial charge in [-0.05, 0) is 91.3 Å². The fourth-order valence-electron chi connectivity index (χ4n) is 5.25. The van der Waals surface area contributed by atoms with Gasteiger partial charge in [-0.3, -0.25) is 9.36 Å². The lowest BCUT2D eigenvalue weighted by Gasteiger charge is -2.21. The lowest BCUT2D eigenvalue weighted by atomic mass is 9.88. The van der Waals surface area contributed by atoms with Gasteiger partial charge in [-0.15, -0.1) is 0 Å². The highest BCUT2D eigenvalue weighted by Crippen LogP contribution is 2.27.